The predicted octanol–water partition coefficient (Wildman–Crippen LogP) is 4.29. The van der Waals surface area contributed by atoms with Gasteiger partial charge in [-0.05, 0) is 54.3 Å². The Morgan fingerprint density at radius 1 is 1.08 bits per heavy atom. The van der Waals surface area contributed by atoms with E-state index in [0.29, 0.717) is 13.0 Å². The van der Waals surface area contributed by atoms with Gasteiger partial charge in [-0.25, -0.2) is 0 Å². The number of methoxy groups -OCH3 is 1. The van der Waals surface area contributed by atoms with Crippen LogP contribution in [0.15, 0.2) is 79.0 Å². The van der Waals surface area contributed by atoms with Gasteiger partial charge in [-0.3, -0.25) is 9.59 Å². The lowest BCUT2D eigenvalue weighted by molar-refractivity contribution is -0.120. The van der Waals surface area contributed by atoms with E-state index >= 15 is 0 Å². The highest BCUT2D eigenvalue weighted by Gasteiger charge is 2.33. The second kappa shape index (κ2) is 10.4. The molecule has 0 saturated heterocycles. The van der Waals surface area contributed by atoms with Gasteiger partial charge in [0, 0.05) is 41.3 Å². The van der Waals surface area contributed by atoms with Gasteiger partial charge in [0.15, 0.2) is 0 Å². The number of aromatic amines is 1. The van der Waals surface area contributed by atoms with Crippen molar-refractivity contribution in [2.45, 2.75) is 31.2 Å². The summed E-state index contributed by atoms with van der Waals surface area (Å²) in [7, 11) is 1.65. The molecule has 0 aliphatic carbocycles. The van der Waals surface area contributed by atoms with Gasteiger partial charge in [0.2, 0.25) is 11.8 Å². The number of nitrogens with one attached hydrogen (secondary N) is 2. The summed E-state index contributed by atoms with van der Waals surface area (Å²) in [5.41, 5.74) is 10.7. The Morgan fingerprint density at radius 3 is 2.57 bits per heavy atom. The third-order valence-corrected chi connectivity index (χ3v) is 7.41. The van der Waals surface area contributed by atoms with Gasteiger partial charge in [-0.2, -0.15) is 0 Å². The molecule has 37 heavy (non-hydrogen) atoms. The Hall–Kier alpha value is -4.26. The number of primary amides is 1. The SMILES string of the molecule is COc1ccc([C@H](CNC(=O)CN2c3ccccc3[C@@H](C(N)=O)C[C@@H]2C)c2c[nH]c3ccccc23)cc1. The first-order valence-electron chi connectivity index (χ1n) is 12.6. The largest absolute Gasteiger partial charge is 0.497 e. The van der Waals surface area contributed by atoms with Crippen molar-refractivity contribution in [2.75, 3.05) is 25.1 Å². The van der Waals surface area contributed by atoms with Gasteiger partial charge < -0.3 is 25.7 Å². The van der Waals surface area contributed by atoms with Crippen LogP contribution in [0.25, 0.3) is 10.9 Å². The Bertz CT molecular complexity index is 1410. The van der Waals surface area contributed by atoms with E-state index in [1.807, 2.05) is 73.8 Å². The molecule has 4 N–H and O–H groups in total. The maximum atomic E-state index is 13.3. The zero-order valence-corrected chi connectivity index (χ0v) is 21.1. The molecular formula is C30H32N4O3. The van der Waals surface area contributed by atoms with Gasteiger partial charge in [0.1, 0.15) is 5.75 Å². The van der Waals surface area contributed by atoms with Crippen molar-refractivity contribution in [1.82, 2.24) is 10.3 Å². The number of benzene rings is 3. The highest BCUT2D eigenvalue weighted by Crippen LogP contribution is 2.38. The van der Waals surface area contributed by atoms with Crippen LogP contribution in [0.5, 0.6) is 5.75 Å². The lowest BCUT2D eigenvalue weighted by Gasteiger charge is -2.39. The molecule has 3 aromatic carbocycles. The molecule has 7 nitrogen and oxygen atoms in total. The number of hydrogen-bond donors (Lipinski definition) is 3. The van der Waals surface area contributed by atoms with E-state index in [1.165, 1.54) is 0 Å². The number of para-hydroxylation sites is 2. The Morgan fingerprint density at radius 2 is 1.81 bits per heavy atom. The molecule has 190 valence electrons. The predicted molar refractivity (Wildman–Crippen MR) is 146 cm³/mol. The minimum atomic E-state index is -0.341. The minimum absolute atomic E-state index is 0.00384. The van der Waals surface area contributed by atoms with Crippen molar-refractivity contribution < 1.29 is 14.3 Å². The molecule has 1 aliphatic heterocycles. The molecule has 0 fully saturated rings. The molecule has 0 bridgehead atoms. The highest BCUT2D eigenvalue weighted by molar-refractivity contribution is 5.88. The lowest BCUT2D eigenvalue weighted by atomic mass is 9.85. The number of nitrogens with zero attached hydrogens (tertiary/aromatic N) is 1. The first kappa shape index (κ1) is 24.4. The summed E-state index contributed by atoms with van der Waals surface area (Å²) < 4.78 is 5.34. The number of carbonyl (C=O) groups excluding carboxylic acids is 2. The summed E-state index contributed by atoms with van der Waals surface area (Å²) in [6, 6.07) is 23.9. The molecule has 0 radical (unpaired) electrons. The van der Waals surface area contributed by atoms with Gasteiger partial charge in [-0.1, -0.05) is 48.5 Å². The number of fused-ring (bicyclic) bond motifs is 2. The van der Waals surface area contributed by atoms with Crippen LogP contribution in [0.4, 0.5) is 5.69 Å². The molecule has 3 atom stereocenters. The third kappa shape index (κ3) is 4.89. The third-order valence-electron chi connectivity index (χ3n) is 7.41. The molecule has 2 heterocycles. The summed E-state index contributed by atoms with van der Waals surface area (Å²) >= 11 is 0. The Kier molecular flexibility index (Phi) is 6.86. The van der Waals surface area contributed by atoms with Crippen molar-refractivity contribution >= 4 is 28.4 Å². The maximum Gasteiger partial charge on any atom is 0.239 e. The second-order valence-corrected chi connectivity index (χ2v) is 9.65. The van der Waals surface area contributed by atoms with Gasteiger partial charge in [0.25, 0.3) is 0 Å². The molecule has 1 aliphatic rings. The molecule has 0 spiro atoms. The zero-order valence-electron chi connectivity index (χ0n) is 21.1. The van der Waals surface area contributed by atoms with Crippen molar-refractivity contribution in [1.29, 1.82) is 0 Å². The maximum absolute atomic E-state index is 13.3. The minimum Gasteiger partial charge on any atom is -0.497 e. The number of anilines is 1. The fourth-order valence-corrected chi connectivity index (χ4v) is 5.44. The van der Waals surface area contributed by atoms with Crippen LogP contribution in [-0.2, 0) is 9.59 Å². The number of carbonyl (C=O) groups is 2. The molecule has 5 rings (SSSR count). The second-order valence-electron chi connectivity index (χ2n) is 9.65. The van der Waals surface area contributed by atoms with E-state index in [4.69, 9.17) is 10.5 Å². The standard InChI is InChI=1S/C30H32N4O3/c1-19-15-24(30(31)36)23-8-4-6-10-28(23)34(19)18-29(35)33-16-25(20-11-13-21(37-2)14-12-20)26-17-32-27-9-5-3-7-22(26)27/h3-14,17,19,24-25,32H,15-16,18H2,1-2H3,(H2,31,36)(H,33,35)/t19-,24-,25-/m0/s1. The highest BCUT2D eigenvalue weighted by atomic mass is 16.5. The molecular weight excluding hydrogens is 464 g/mol. The first-order valence-corrected chi connectivity index (χ1v) is 12.6. The Balaban J connectivity index is 1.37. The van der Waals surface area contributed by atoms with Crippen LogP contribution in [0.2, 0.25) is 0 Å². The number of H-pyrrole nitrogens is 1. The number of rotatable bonds is 8. The molecule has 7 heteroatoms. The smallest absolute Gasteiger partial charge is 0.239 e. The molecule has 0 unspecified atom stereocenters. The average Bonchev–Trinajstić information content (AvgIpc) is 3.34. The fraction of sp³-hybridized carbons (Fsp3) is 0.267. The van der Waals surface area contributed by atoms with Crippen LogP contribution in [0.1, 0.15) is 41.9 Å². The van der Waals surface area contributed by atoms with E-state index in [-0.39, 0.29) is 36.2 Å². The van der Waals surface area contributed by atoms with E-state index in [0.717, 1.165) is 39.0 Å². The quantitative estimate of drug-likeness (QED) is 0.339. The van der Waals surface area contributed by atoms with E-state index in [9.17, 15) is 9.59 Å². The number of hydrogen-bond acceptors (Lipinski definition) is 4. The van der Waals surface area contributed by atoms with Crippen LogP contribution in [0.3, 0.4) is 0 Å². The van der Waals surface area contributed by atoms with Crippen LogP contribution < -0.4 is 20.7 Å². The molecule has 0 saturated carbocycles. The monoisotopic (exact) mass is 496 g/mol. The van der Waals surface area contributed by atoms with Crippen LogP contribution in [0, 0.1) is 0 Å². The summed E-state index contributed by atoms with van der Waals surface area (Å²) in [6.07, 6.45) is 2.61. The topological polar surface area (TPSA) is 100 Å². The van der Waals surface area contributed by atoms with Crippen molar-refractivity contribution in [3.05, 3.63) is 95.7 Å². The Labute approximate surface area is 216 Å². The number of amides is 2. The van der Waals surface area contributed by atoms with Gasteiger partial charge in [0.05, 0.1) is 19.6 Å². The average molecular weight is 497 g/mol. The molecule has 2 amide bonds. The first-order chi connectivity index (χ1) is 18.0. The van der Waals surface area contributed by atoms with E-state index in [1.54, 1.807) is 7.11 Å². The van der Waals surface area contributed by atoms with E-state index in [2.05, 4.69) is 27.3 Å². The number of ether oxygens (including phenoxy) is 1. The number of nitrogens with two attached hydrogens (primary N) is 1. The summed E-state index contributed by atoms with van der Waals surface area (Å²) in [5, 5.41) is 4.31. The summed E-state index contributed by atoms with van der Waals surface area (Å²) in [5.74, 6) is 0.00243. The summed E-state index contributed by atoms with van der Waals surface area (Å²) in [6.45, 7) is 2.68. The molecule has 4 aromatic rings. The van der Waals surface area contributed by atoms with Crippen molar-refractivity contribution in [2.24, 2.45) is 5.73 Å². The number of aromatic nitrogens is 1. The van der Waals surface area contributed by atoms with Crippen molar-refractivity contribution in [3.8, 4) is 5.75 Å². The van der Waals surface area contributed by atoms with Crippen LogP contribution in [-0.4, -0.2) is 43.0 Å². The fourth-order valence-electron chi connectivity index (χ4n) is 5.44. The van der Waals surface area contributed by atoms with Crippen molar-refractivity contribution in [3.63, 3.8) is 0 Å². The molecule has 1 aromatic heterocycles. The van der Waals surface area contributed by atoms with E-state index < -0.39 is 0 Å². The lowest BCUT2D eigenvalue weighted by Crippen LogP contribution is -2.47. The zero-order chi connectivity index (χ0) is 25.9. The normalized spacial score (nSPS) is 17.7. The van der Waals surface area contributed by atoms with Gasteiger partial charge in [-0.15, -0.1) is 0 Å². The van der Waals surface area contributed by atoms with Crippen LogP contribution >= 0.6 is 0 Å². The summed E-state index contributed by atoms with van der Waals surface area (Å²) in [4.78, 5) is 30.8. The van der Waals surface area contributed by atoms with Gasteiger partial charge >= 0.3 is 0 Å².